The van der Waals surface area contributed by atoms with Gasteiger partial charge in [0.15, 0.2) is 0 Å². The molecule has 1 unspecified atom stereocenters. The summed E-state index contributed by atoms with van der Waals surface area (Å²) in [7, 11) is 1.74. The Bertz CT molecular complexity index is 501. The van der Waals surface area contributed by atoms with Gasteiger partial charge in [-0.25, -0.2) is 4.98 Å². The number of hydrogen-bond donors (Lipinski definition) is 1. The Kier molecular flexibility index (Phi) is 4.33. The van der Waals surface area contributed by atoms with E-state index < -0.39 is 0 Å². The molecule has 0 radical (unpaired) electrons. The number of nitrogens with one attached hydrogen (secondary N) is 1. The zero-order valence-electron chi connectivity index (χ0n) is 11.3. The Labute approximate surface area is 108 Å². The van der Waals surface area contributed by atoms with Gasteiger partial charge in [0.1, 0.15) is 5.82 Å². The Morgan fingerprint density at radius 2 is 2.17 bits per heavy atom. The Morgan fingerprint density at radius 3 is 2.89 bits per heavy atom. The van der Waals surface area contributed by atoms with Crippen molar-refractivity contribution >= 4 is 11.0 Å². The van der Waals surface area contributed by atoms with Crippen LogP contribution in [0.15, 0.2) is 24.3 Å². The van der Waals surface area contributed by atoms with E-state index in [1.165, 1.54) is 5.52 Å². The lowest BCUT2D eigenvalue weighted by molar-refractivity contribution is 0.160. The van der Waals surface area contributed by atoms with Crippen LogP contribution in [0.3, 0.4) is 0 Å². The van der Waals surface area contributed by atoms with Gasteiger partial charge in [0.05, 0.1) is 17.6 Å². The summed E-state index contributed by atoms with van der Waals surface area (Å²) in [5, 5.41) is 3.44. The highest BCUT2D eigenvalue weighted by molar-refractivity contribution is 5.75. The monoisotopic (exact) mass is 247 g/mol. The van der Waals surface area contributed by atoms with Gasteiger partial charge in [-0.3, -0.25) is 0 Å². The fourth-order valence-corrected chi connectivity index (χ4v) is 2.31. The minimum absolute atomic E-state index is 0.316. The quantitative estimate of drug-likeness (QED) is 0.848. The number of methoxy groups -OCH3 is 1. The summed E-state index contributed by atoms with van der Waals surface area (Å²) in [4.78, 5) is 4.58. The van der Waals surface area contributed by atoms with Crippen LogP contribution in [0, 0.1) is 6.92 Å². The highest BCUT2D eigenvalue weighted by Gasteiger charge is 2.12. The molecule has 0 fully saturated rings. The van der Waals surface area contributed by atoms with Crippen LogP contribution < -0.4 is 5.32 Å². The molecule has 98 valence electrons. The van der Waals surface area contributed by atoms with E-state index in [0.717, 1.165) is 24.4 Å². The number of ether oxygens (including phenoxy) is 1. The average Bonchev–Trinajstić information content (AvgIpc) is 2.67. The van der Waals surface area contributed by atoms with Crippen molar-refractivity contribution in [2.75, 3.05) is 20.3 Å². The topological polar surface area (TPSA) is 39.1 Å². The van der Waals surface area contributed by atoms with Crippen LogP contribution in [0.1, 0.15) is 12.7 Å². The smallest absolute Gasteiger partial charge is 0.106 e. The maximum absolute atomic E-state index is 5.26. The van der Waals surface area contributed by atoms with Crippen LogP contribution in [-0.4, -0.2) is 35.9 Å². The highest BCUT2D eigenvalue weighted by atomic mass is 16.5. The number of imidazole rings is 1. The van der Waals surface area contributed by atoms with Crippen molar-refractivity contribution in [1.29, 1.82) is 0 Å². The van der Waals surface area contributed by atoms with Gasteiger partial charge in [0.2, 0.25) is 0 Å². The van der Waals surface area contributed by atoms with Crippen LogP contribution in [0.5, 0.6) is 0 Å². The molecular formula is C14H21N3O. The van der Waals surface area contributed by atoms with Crippen LogP contribution in [-0.2, 0) is 11.3 Å². The predicted octanol–water partition coefficient (Wildman–Crippen LogP) is 1.97. The third-order valence-electron chi connectivity index (χ3n) is 3.11. The minimum Gasteiger partial charge on any atom is -0.383 e. The fraction of sp³-hybridized carbons (Fsp3) is 0.500. The van der Waals surface area contributed by atoms with Crippen molar-refractivity contribution in [2.45, 2.75) is 26.4 Å². The number of benzene rings is 1. The molecule has 1 N–H and O–H groups in total. The SMILES string of the molecule is CCNC(COC)Cn1c(C)nc2ccccc21. The summed E-state index contributed by atoms with van der Waals surface area (Å²) in [5.41, 5.74) is 2.25. The summed E-state index contributed by atoms with van der Waals surface area (Å²) in [6.45, 7) is 6.70. The van der Waals surface area contributed by atoms with Gasteiger partial charge >= 0.3 is 0 Å². The maximum Gasteiger partial charge on any atom is 0.106 e. The molecular weight excluding hydrogens is 226 g/mol. The predicted molar refractivity (Wildman–Crippen MR) is 73.8 cm³/mol. The zero-order valence-corrected chi connectivity index (χ0v) is 11.3. The van der Waals surface area contributed by atoms with Gasteiger partial charge in [-0.1, -0.05) is 19.1 Å². The van der Waals surface area contributed by atoms with Gasteiger partial charge in [-0.05, 0) is 25.6 Å². The van der Waals surface area contributed by atoms with Crippen molar-refractivity contribution in [3.63, 3.8) is 0 Å². The first-order chi connectivity index (χ1) is 8.76. The summed E-state index contributed by atoms with van der Waals surface area (Å²) in [5.74, 6) is 1.05. The van der Waals surface area contributed by atoms with Gasteiger partial charge in [-0.2, -0.15) is 0 Å². The normalized spacial score (nSPS) is 13.1. The molecule has 1 heterocycles. The van der Waals surface area contributed by atoms with E-state index in [1.54, 1.807) is 7.11 Å². The summed E-state index contributed by atoms with van der Waals surface area (Å²) < 4.78 is 7.51. The molecule has 18 heavy (non-hydrogen) atoms. The summed E-state index contributed by atoms with van der Waals surface area (Å²) >= 11 is 0. The first kappa shape index (κ1) is 13.1. The molecule has 4 heteroatoms. The molecule has 0 aliphatic heterocycles. The maximum atomic E-state index is 5.26. The van der Waals surface area contributed by atoms with Crippen molar-refractivity contribution in [2.24, 2.45) is 0 Å². The molecule has 2 aromatic rings. The van der Waals surface area contributed by atoms with Gasteiger partial charge in [-0.15, -0.1) is 0 Å². The molecule has 0 aliphatic carbocycles. The van der Waals surface area contributed by atoms with Crippen molar-refractivity contribution in [1.82, 2.24) is 14.9 Å². The number of para-hydroxylation sites is 2. The third kappa shape index (κ3) is 2.71. The standard InChI is InChI=1S/C14H21N3O/c1-4-15-12(10-18-3)9-17-11(2)16-13-7-5-6-8-14(13)17/h5-8,12,15H,4,9-10H2,1-3H3. The largest absolute Gasteiger partial charge is 0.383 e. The number of likely N-dealkylation sites (N-methyl/N-ethyl adjacent to an activating group) is 1. The number of hydrogen-bond acceptors (Lipinski definition) is 3. The lowest BCUT2D eigenvalue weighted by Gasteiger charge is -2.18. The fourth-order valence-electron chi connectivity index (χ4n) is 2.31. The summed E-state index contributed by atoms with van der Waals surface area (Å²) in [6.07, 6.45) is 0. The first-order valence-electron chi connectivity index (χ1n) is 6.40. The van der Waals surface area contributed by atoms with Crippen molar-refractivity contribution in [3.8, 4) is 0 Å². The van der Waals surface area contributed by atoms with Crippen LogP contribution in [0.2, 0.25) is 0 Å². The van der Waals surface area contributed by atoms with Crippen molar-refractivity contribution in [3.05, 3.63) is 30.1 Å². The Balaban J connectivity index is 2.26. The van der Waals surface area contributed by atoms with Crippen LogP contribution >= 0.6 is 0 Å². The molecule has 1 atom stereocenters. The molecule has 0 spiro atoms. The molecule has 2 rings (SSSR count). The highest BCUT2D eigenvalue weighted by Crippen LogP contribution is 2.15. The van der Waals surface area contributed by atoms with Crippen molar-refractivity contribution < 1.29 is 4.74 Å². The van der Waals surface area contributed by atoms with E-state index in [0.29, 0.717) is 12.6 Å². The van der Waals surface area contributed by atoms with E-state index in [2.05, 4.69) is 46.9 Å². The lowest BCUT2D eigenvalue weighted by Crippen LogP contribution is -2.37. The molecule has 1 aromatic heterocycles. The van der Waals surface area contributed by atoms with Gasteiger partial charge in [0.25, 0.3) is 0 Å². The third-order valence-corrected chi connectivity index (χ3v) is 3.11. The number of aromatic nitrogens is 2. The van der Waals surface area contributed by atoms with Crippen LogP contribution in [0.4, 0.5) is 0 Å². The number of rotatable bonds is 6. The zero-order chi connectivity index (χ0) is 13.0. The molecule has 4 nitrogen and oxygen atoms in total. The lowest BCUT2D eigenvalue weighted by atomic mass is 10.2. The van der Waals surface area contributed by atoms with Crippen LogP contribution in [0.25, 0.3) is 11.0 Å². The van der Waals surface area contributed by atoms with E-state index in [9.17, 15) is 0 Å². The number of nitrogens with zero attached hydrogens (tertiary/aromatic N) is 2. The van der Waals surface area contributed by atoms with E-state index >= 15 is 0 Å². The molecule has 0 bridgehead atoms. The second kappa shape index (κ2) is 5.98. The average molecular weight is 247 g/mol. The Morgan fingerprint density at radius 1 is 1.39 bits per heavy atom. The number of aryl methyl sites for hydroxylation is 1. The molecule has 0 saturated heterocycles. The van der Waals surface area contributed by atoms with E-state index in [-0.39, 0.29) is 0 Å². The van der Waals surface area contributed by atoms with E-state index in [1.807, 2.05) is 6.07 Å². The molecule has 0 saturated carbocycles. The van der Waals surface area contributed by atoms with Gasteiger partial charge in [0, 0.05) is 19.7 Å². The molecule has 1 aromatic carbocycles. The Hall–Kier alpha value is -1.39. The summed E-state index contributed by atoms with van der Waals surface area (Å²) in [6, 6.07) is 8.56. The molecule has 0 amide bonds. The second-order valence-electron chi connectivity index (χ2n) is 4.47. The minimum atomic E-state index is 0.316. The number of fused-ring (bicyclic) bond motifs is 1. The molecule has 0 aliphatic rings. The van der Waals surface area contributed by atoms with Gasteiger partial charge < -0.3 is 14.6 Å². The first-order valence-corrected chi connectivity index (χ1v) is 6.40. The van der Waals surface area contributed by atoms with E-state index in [4.69, 9.17) is 4.74 Å². The second-order valence-corrected chi connectivity index (χ2v) is 4.47.